The van der Waals surface area contributed by atoms with Crippen molar-refractivity contribution in [3.63, 3.8) is 0 Å². The topological polar surface area (TPSA) is 68.6 Å². The molecule has 27 heavy (non-hydrogen) atoms. The number of nitrogens with zero attached hydrogens (tertiary/aromatic N) is 1. The summed E-state index contributed by atoms with van der Waals surface area (Å²) in [5.41, 5.74) is 2.83. The van der Waals surface area contributed by atoms with Gasteiger partial charge < -0.3 is 14.2 Å². The minimum atomic E-state index is -0.641. The summed E-state index contributed by atoms with van der Waals surface area (Å²) >= 11 is 0. The molecular formula is C22H23NO4. The summed E-state index contributed by atoms with van der Waals surface area (Å²) in [5.74, 6) is 0.517. The molecule has 0 saturated carbocycles. The molecule has 0 spiro atoms. The smallest absolute Gasteiger partial charge is 0.348 e. The van der Waals surface area contributed by atoms with E-state index < -0.39 is 5.97 Å². The summed E-state index contributed by atoms with van der Waals surface area (Å²) in [6.07, 6.45) is 1.48. The summed E-state index contributed by atoms with van der Waals surface area (Å²) < 4.78 is 16.4. The van der Waals surface area contributed by atoms with Gasteiger partial charge in [-0.3, -0.25) is 0 Å². The minimum Gasteiger partial charge on any atom is -0.490 e. The van der Waals surface area contributed by atoms with Crippen molar-refractivity contribution in [1.82, 2.24) is 0 Å². The summed E-state index contributed by atoms with van der Waals surface area (Å²) in [4.78, 5) is 11.8. The Morgan fingerprint density at radius 3 is 2.56 bits per heavy atom. The molecule has 0 radical (unpaired) electrons. The van der Waals surface area contributed by atoms with Gasteiger partial charge in [-0.25, -0.2) is 4.79 Å². The number of ether oxygens (including phenoxy) is 3. The number of benzene rings is 2. The lowest BCUT2D eigenvalue weighted by molar-refractivity contribution is -0.137. The highest BCUT2D eigenvalue weighted by molar-refractivity contribution is 5.97. The number of nitriles is 1. The van der Waals surface area contributed by atoms with Crippen LogP contribution in [-0.4, -0.2) is 19.2 Å². The van der Waals surface area contributed by atoms with Crippen LogP contribution in [0.3, 0.4) is 0 Å². The van der Waals surface area contributed by atoms with Crippen molar-refractivity contribution < 1.29 is 19.0 Å². The van der Waals surface area contributed by atoms with Gasteiger partial charge in [0.2, 0.25) is 0 Å². The molecule has 0 heterocycles. The van der Waals surface area contributed by atoms with Crippen molar-refractivity contribution in [3.05, 3.63) is 64.7 Å². The van der Waals surface area contributed by atoms with E-state index in [4.69, 9.17) is 19.5 Å². The highest BCUT2D eigenvalue weighted by atomic mass is 16.5. The average Bonchev–Trinajstić information content (AvgIpc) is 2.66. The number of carbonyl (C=O) groups excluding carboxylic acids is 1. The first-order valence-electron chi connectivity index (χ1n) is 8.81. The van der Waals surface area contributed by atoms with E-state index in [9.17, 15) is 4.79 Å². The van der Waals surface area contributed by atoms with E-state index in [0.29, 0.717) is 30.3 Å². The van der Waals surface area contributed by atoms with Crippen molar-refractivity contribution in [2.45, 2.75) is 27.4 Å². The first-order valence-corrected chi connectivity index (χ1v) is 8.81. The van der Waals surface area contributed by atoms with Crippen LogP contribution in [0.2, 0.25) is 0 Å². The van der Waals surface area contributed by atoms with Crippen molar-refractivity contribution >= 4 is 12.0 Å². The molecule has 140 valence electrons. The quantitative estimate of drug-likeness (QED) is 0.393. The Balaban J connectivity index is 2.22. The Morgan fingerprint density at radius 2 is 1.89 bits per heavy atom. The first-order chi connectivity index (χ1) is 13.1. The second kappa shape index (κ2) is 10.0. The third-order valence-electron chi connectivity index (χ3n) is 3.67. The summed E-state index contributed by atoms with van der Waals surface area (Å²) in [6.45, 7) is 6.72. The van der Waals surface area contributed by atoms with E-state index in [1.54, 1.807) is 25.1 Å². The van der Waals surface area contributed by atoms with Crippen LogP contribution >= 0.6 is 0 Å². The number of aryl methyl sites for hydroxylation is 1. The van der Waals surface area contributed by atoms with Crippen LogP contribution in [0.15, 0.2) is 48.0 Å². The second-order valence-corrected chi connectivity index (χ2v) is 5.81. The molecule has 0 amide bonds. The van der Waals surface area contributed by atoms with Crippen LogP contribution in [0.5, 0.6) is 11.5 Å². The molecule has 0 fully saturated rings. The molecule has 0 aliphatic heterocycles. The highest BCUT2D eigenvalue weighted by Crippen LogP contribution is 2.30. The highest BCUT2D eigenvalue weighted by Gasteiger charge is 2.12. The molecule has 0 unspecified atom stereocenters. The Hall–Kier alpha value is -3.26. The van der Waals surface area contributed by atoms with E-state index in [2.05, 4.69) is 6.07 Å². The molecule has 2 aromatic rings. The van der Waals surface area contributed by atoms with Gasteiger partial charge in [0.25, 0.3) is 0 Å². The van der Waals surface area contributed by atoms with Crippen LogP contribution in [0.4, 0.5) is 0 Å². The van der Waals surface area contributed by atoms with Crippen LogP contribution < -0.4 is 9.47 Å². The zero-order valence-electron chi connectivity index (χ0n) is 15.8. The van der Waals surface area contributed by atoms with Gasteiger partial charge in [0.05, 0.1) is 13.2 Å². The maximum Gasteiger partial charge on any atom is 0.348 e. The monoisotopic (exact) mass is 365 g/mol. The van der Waals surface area contributed by atoms with Gasteiger partial charge in [0.1, 0.15) is 18.2 Å². The van der Waals surface area contributed by atoms with Gasteiger partial charge in [0.15, 0.2) is 11.5 Å². The van der Waals surface area contributed by atoms with Crippen LogP contribution in [-0.2, 0) is 16.1 Å². The maximum atomic E-state index is 11.8. The predicted molar refractivity (Wildman–Crippen MR) is 103 cm³/mol. The molecule has 2 aromatic carbocycles. The number of esters is 1. The predicted octanol–water partition coefficient (Wildman–Crippen LogP) is 4.44. The lowest BCUT2D eigenvalue weighted by atomic mass is 10.1. The molecule has 0 aliphatic rings. The van der Waals surface area contributed by atoms with Crippen LogP contribution in [0, 0.1) is 18.3 Å². The molecular weight excluding hydrogens is 342 g/mol. The van der Waals surface area contributed by atoms with Gasteiger partial charge >= 0.3 is 5.97 Å². The molecule has 0 bridgehead atoms. The van der Waals surface area contributed by atoms with Gasteiger partial charge in [-0.1, -0.05) is 35.9 Å². The van der Waals surface area contributed by atoms with Crippen molar-refractivity contribution in [2.24, 2.45) is 0 Å². The Kier molecular flexibility index (Phi) is 7.45. The summed E-state index contributed by atoms with van der Waals surface area (Å²) in [6, 6.07) is 15.2. The molecule has 0 saturated heterocycles. The van der Waals surface area contributed by atoms with Gasteiger partial charge in [-0.15, -0.1) is 0 Å². The lowest BCUT2D eigenvalue weighted by Gasteiger charge is -2.13. The number of hydrogen-bond donors (Lipinski definition) is 0. The molecule has 5 nitrogen and oxygen atoms in total. The van der Waals surface area contributed by atoms with Gasteiger partial charge in [-0.2, -0.15) is 5.26 Å². The van der Waals surface area contributed by atoms with E-state index in [-0.39, 0.29) is 12.2 Å². The maximum absolute atomic E-state index is 11.8. The summed E-state index contributed by atoms with van der Waals surface area (Å²) in [5, 5.41) is 9.17. The normalized spacial score (nSPS) is 10.8. The fraction of sp³-hybridized carbons (Fsp3) is 0.273. The van der Waals surface area contributed by atoms with Crippen LogP contribution in [0.1, 0.15) is 30.5 Å². The van der Waals surface area contributed by atoms with Gasteiger partial charge in [0, 0.05) is 0 Å². The van der Waals surface area contributed by atoms with E-state index in [1.165, 1.54) is 11.6 Å². The number of hydrogen-bond acceptors (Lipinski definition) is 5. The number of rotatable bonds is 8. The van der Waals surface area contributed by atoms with Crippen molar-refractivity contribution in [2.75, 3.05) is 13.2 Å². The molecule has 0 N–H and O–H groups in total. The molecule has 0 atom stereocenters. The first kappa shape index (κ1) is 20.1. The molecule has 2 rings (SSSR count). The largest absolute Gasteiger partial charge is 0.490 e. The SMILES string of the molecule is CCOC(=O)/C(C#N)=C/c1ccc(OCc2cccc(C)c2)c(OCC)c1. The van der Waals surface area contributed by atoms with E-state index in [0.717, 1.165) is 5.56 Å². The Bertz CT molecular complexity index is 865. The Morgan fingerprint density at radius 1 is 1.07 bits per heavy atom. The third kappa shape index (κ3) is 5.89. The Labute approximate surface area is 159 Å². The minimum absolute atomic E-state index is 0.0623. The zero-order chi connectivity index (χ0) is 19.6. The zero-order valence-corrected chi connectivity index (χ0v) is 15.8. The lowest BCUT2D eigenvalue weighted by Crippen LogP contribution is -2.06. The second-order valence-electron chi connectivity index (χ2n) is 5.81. The van der Waals surface area contributed by atoms with E-state index in [1.807, 2.05) is 38.1 Å². The van der Waals surface area contributed by atoms with Crippen LogP contribution in [0.25, 0.3) is 6.08 Å². The molecule has 0 aliphatic carbocycles. The summed E-state index contributed by atoms with van der Waals surface area (Å²) in [7, 11) is 0. The van der Waals surface area contributed by atoms with Gasteiger partial charge in [-0.05, 0) is 50.1 Å². The van der Waals surface area contributed by atoms with Crippen molar-refractivity contribution in [1.29, 1.82) is 5.26 Å². The number of carbonyl (C=O) groups is 1. The fourth-order valence-corrected chi connectivity index (χ4v) is 2.48. The van der Waals surface area contributed by atoms with Crippen molar-refractivity contribution in [3.8, 4) is 17.6 Å². The standard InChI is InChI=1S/C22H23NO4/c1-4-25-21-13-17(12-19(14-23)22(24)26-5-2)9-10-20(21)27-15-18-8-6-7-16(3)11-18/h6-13H,4-5,15H2,1-3H3/b19-12+. The molecule has 5 heteroatoms. The van der Waals surface area contributed by atoms with E-state index >= 15 is 0 Å². The fourth-order valence-electron chi connectivity index (χ4n) is 2.48. The third-order valence-corrected chi connectivity index (χ3v) is 3.67. The molecule has 0 aromatic heterocycles. The average molecular weight is 365 g/mol.